The molecule has 0 saturated carbocycles. The van der Waals surface area contributed by atoms with Gasteiger partial charge in [0, 0.05) is 30.2 Å². The molecule has 1 aromatic carbocycles. The van der Waals surface area contributed by atoms with Gasteiger partial charge in [-0.3, -0.25) is 10.2 Å². The van der Waals surface area contributed by atoms with E-state index in [2.05, 4.69) is 10.1 Å². The summed E-state index contributed by atoms with van der Waals surface area (Å²) < 4.78 is 17.0. The number of hydrogen-bond donors (Lipinski definition) is 2. The zero-order chi connectivity index (χ0) is 25.0. The highest BCUT2D eigenvalue weighted by atomic mass is 16.5. The highest BCUT2D eigenvalue weighted by Crippen LogP contribution is 2.40. The zero-order valence-electron chi connectivity index (χ0n) is 20.8. The molecule has 2 aliphatic rings. The lowest BCUT2D eigenvalue weighted by Crippen LogP contribution is -2.35. The van der Waals surface area contributed by atoms with Gasteiger partial charge in [-0.2, -0.15) is 5.10 Å². The first-order valence-electron chi connectivity index (χ1n) is 11.4. The number of hydrogen-bond acceptors (Lipinski definition) is 8. The molecule has 0 radical (unpaired) electrons. The number of Topliss-reactive ketones (excluding diaryl/α,β-unsaturated/α-hetero) is 1. The number of fused-ring (bicyclic) bond motifs is 1. The Balaban J connectivity index is 1.89. The van der Waals surface area contributed by atoms with E-state index in [1.807, 2.05) is 40.7 Å². The van der Waals surface area contributed by atoms with E-state index in [0.29, 0.717) is 48.3 Å². The van der Waals surface area contributed by atoms with E-state index in [-0.39, 0.29) is 30.2 Å². The monoisotopic (exact) mass is 470 g/mol. The molecule has 1 atom stereocenters. The quantitative estimate of drug-likeness (QED) is 0.422. The van der Waals surface area contributed by atoms with Crippen molar-refractivity contribution in [1.29, 1.82) is 5.41 Å². The van der Waals surface area contributed by atoms with Crippen molar-refractivity contribution in [2.45, 2.75) is 52.5 Å². The number of aliphatic hydroxyl groups is 1. The van der Waals surface area contributed by atoms with E-state index in [4.69, 9.17) is 24.7 Å². The number of ketones is 1. The molecule has 2 heterocycles. The summed E-state index contributed by atoms with van der Waals surface area (Å²) in [4.78, 5) is 17.8. The molecule has 9 heteroatoms. The van der Waals surface area contributed by atoms with Crippen LogP contribution >= 0.6 is 0 Å². The van der Waals surface area contributed by atoms with Crippen LogP contribution < -0.4 is 9.47 Å². The normalized spacial score (nSPS) is 17.6. The number of carbonyl (C=O) groups is 1. The molecule has 0 amide bonds. The summed E-state index contributed by atoms with van der Waals surface area (Å²) in [5.74, 6) is 1.42. The maximum atomic E-state index is 13.3. The number of rotatable bonds is 9. The van der Waals surface area contributed by atoms with Gasteiger partial charge in [0.05, 0.1) is 26.0 Å². The third kappa shape index (κ3) is 5.30. The van der Waals surface area contributed by atoms with E-state index in [1.165, 1.54) is 5.01 Å². The van der Waals surface area contributed by atoms with E-state index in [1.54, 1.807) is 19.3 Å². The van der Waals surface area contributed by atoms with Crippen molar-refractivity contribution in [1.82, 2.24) is 5.01 Å². The summed E-state index contributed by atoms with van der Waals surface area (Å²) in [5, 5.41) is 23.6. The molecule has 0 spiro atoms. The molecule has 3 rings (SSSR count). The van der Waals surface area contributed by atoms with Gasteiger partial charge in [-0.25, -0.2) is 10.0 Å². The lowest BCUT2D eigenvalue weighted by atomic mass is 9.84. The Morgan fingerprint density at radius 2 is 2.00 bits per heavy atom. The van der Waals surface area contributed by atoms with Gasteiger partial charge in [0.15, 0.2) is 23.3 Å². The van der Waals surface area contributed by atoms with Crippen LogP contribution in [0.1, 0.15) is 57.0 Å². The second-order valence-electron chi connectivity index (χ2n) is 9.21. The van der Waals surface area contributed by atoms with Crippen LogP contribution in [0.15, 0.2) is 33.9 Å². The van der Waals surface area contributed by atoms with Gasteiger partial charge in [-0.1, -0.05) is 20.8 Å². The van der Waals surface area contributed by atoms with Gasteiger partial charge in [-0.05, 0) is 37.0 Å². The number of benzene rings is 1. The van der Waals surface area contributed by atoms with E-state index in [9.17, 15) is 4.79 Å². The zero-order valence-corrected chi connectivity index (χ0v) is 20.8. The van der Waals surface area contributed by atoms with Crippen molar-refractivity contribution in [3.05, 3.63) is 34.9 Å². The van der Waals surface area contributed by atoms with Gasteiger partial charge in [0.1, 0.15) is 12.4 Å². The first kappa shape index (κ1) is 25.4. The molecular weight excluding hydrogens is 436 g/mol. The van der Waals surface area contributed by atoms with Crippen LogP contribution in [0, 0.1) is 5.41 Å². The molecule has 34 heavy (non-hydrogen) atoms. The average molecular weight is 471 g/mol. The minimum Gasteiger partial charge on any atom is -0.493 e. The Kier molecular flexibility index (Phi) is 7.76. The van der Waals surface area contributed by atoms with Gasteiger partial charge in [0.25, 0.3) is 0 Å². The van der Waals surface area contributed by atoms with E-state index < -0.39 is 6.04 Å². The van der Waals surface area contributed by atoms with Crippen LogP contribution in [-0.4, -0.2) is 72.9 Å². The Bertz CT molecular complexity index is 1050. The third-order valence-electron chi connectivity index (χ3n) is 5.56. The van der Waals surface area contributed by atoms with Crippen molar-refractivity contribution >= 4 is 23.2 Å². The molecule has 184 valence electrons. The van der Waals surface area contributed by atoms with Crippen LogP contribution in [-0.2, 0) is 10.2 Å². The number of hydrazone groups is 1. The first-order valence-corrected chi connectivity index (χ1v) is 11.4. The number of aliphatic hydroxyl groups excluding tert-OH is 1. The molecule has 9 nitrogen and oxygen atoms in total. The first-order chi connectivity index (χ1) is 16.1. The number of aliphatic imine (C=N–C) groups is 1. The molecule has 2 aliphatic heterocycles. The van der Waals surface area contributed by atoms with Crippen LogP contribution in [0.25, 0.3) is 0 Å². The number of ether oxygens (including phenoxy) is 3. The Morgan fingerprint density at radius 1 is 1.26 bits per heavy atom. The van der Waals surface area contributed by atoms with Crippen LogP contribution in [0.3, 0.4) is 0 Å². The standard InChI is InChI=1S/C25H34N4O5/c1-7-33-20-11-15(2)21-22(27-20)24(26)29(28-21)14-18(31)16-12-17(25(3,4)5)23(32-6)19(13-16)34-10-8-9-30/h11-13,22,26,30H,7-10,14H2,1-6H3. The van der Waals surface area contributed by atoms with Gasteiger partial charge < -0.3 is 19.3 Å². The summed E-state index contributed by atoms with van der Waals surface area (Å²) >= 11 is 0. The van der Waals surface area contributed by atoms with Crippen molar-refractivity contribution < 1.29 is 24.1 Å². The van der Waals surface area contributed by atoms with Gasteiger partial charge in [0.2, 0.25) is 5.90 Å². The number of nitrogens with zero attached hydrogens (tertiary/aromatic N) is 3. The summed E-state index contributed by atoms with van der Waals surface area (Å²) in [7, 11) is 1.57. The molecule has 0 bridgehead atoms. The molecule has 1 unspecified atom stereocenters. The Labute approximate surface area is 200 Å². The second-order valence-corrected chi connectivity index (χ2v) is 9.21. The van der Waals surface area contributed by atoms with Crippen molar-refractivity contribution in [2.75, 3.05) is 33.5 Å². The number of carbonyl (C=O) groups excluding carboxylic acids is 1. The summed E-state index contributed by atoms with van der Waals surface area (Å²) in [6, 6.07) is 2.90. The fourth-order valence-electron chi connectivity index (χ4n) is 3.81. The minimum absolute atomic E-state index is 0.00694. The van der Waals surface area contributed by atoms with Crippen LogP contribution in [0.2, 0.25) is 0 Å². The maximum absolute atomic E-state index is 13.3. The Morgan fingerprint density at radius 3 is 2.62 bits per heavy atom. The predicted molar refractivity (Wildman–Crippen MR) is 132 cm³/mol. The van der Waals surface area contributed by atoms with Crippen LogP contribution in [0.4, 0.5) is 0 Å². The Hall–Kier alpha value is -3.20. The minimum atomic E-state index is -0.572. The molecule has 0 aliphatic carbocycles. The number of methoxy groups -OCH3 is 1. The lowest BCUT2D eigenvalue weighted by Gasteiger charge is -2.25. The predicted octanol–water partition coefficient (Wildman–Crippen LogP) is 3.35. The molecular formula is C25H34N4O5. The van der Waals surface area contributed by atoms with E-state index in [0.717, 1.165) is 11.1 Å². The van der Waals surface area contributed by atoms with Crippen LogP contribution in [0.5, 0.6) is 11.5 Å². The lowest BCUT2D eigenvalue weighted by molar-refractivity contribution is 0.0964. The number of amidine groups is 1. The summed E-state index contributed by atoms with van der Waals surface area (Å²) in [6.45, 7) is 10.6. The van der Waals surface area contributed by atoms with E-state index >= 15 is 0 Å². The smallest absolute Gasteiger partial charge is 0.209 e. The highest BCUT2D eigenvalue weighted by molar-refractivity contribution is 6.24. The SMILES string of the molecule is CCOC1=NC2C(=N)N(CC(=O)c3cc(OCCCO)c(OC)c(C(C)(C)C)c3)N=C2C(C)=C1. The second kappa shape index (κ2) is 10.4. The fraction of sp³-hybridized carbons (Fsp3) is 0.520. The fourth-order valence-corrected chi connectivity index (χ4v) is 3.81. The largest absolute Gasteiger partial charge is 0.493 e. The number of dihydropyridines is 1. The molecule has 0 aromatic heterocycles. The van der Waals surface area contributed by atoms with Crippen molar-refractivity contribution in [2.24, 2.45) is 10.1 Å². The molecule has 0 fully saturated rings. The third-order valence-corrected chi connectivity index (χ3v) is 5.56. The summed E-state index contributed by atoms with van der Waals surface area (Å²) in [5.41, 5.74) is 2.49. The maximum Gasteiger partial charge on any atom is 0.209 e. The topological polar surface area (TPSA) is 117 Å². The van der Waals surface area contributed by atoms with Gasteiger partial charge in [-0.15, -0.1) is 0 Å². The average Bonchev–Trinajstić information content (AvgIpc) is 3.09. The number of nitrogens with one attached hydrogen (secondary N) is 1. The molecule has 1 aromatic rings. The molecule has 0 saturated heterocycles. The van der Waals surface area contributed by atoms with Crippen molar-refractivity contribution in [3.63, 3.8) is 0 Å². The van der Waals surface area contributed by atoms with Gasteiger partial charge >= 0.3 is 0 Å². The van der Waals surface area contributed by atoms with Crippen molar-refractivity contribution in [3.8, 4) is 11.5 Å². The highest BCUT2D eigenvalue weighted by Gasteiger charge is 2.37. The summed E-state index contributed by atoms with van der Waals surface area (Å²) in [6.07, 6.45) is 2.26. The molecule has 2 N–H and O–H groups in total.